The quantitative estimate of drug-likeness (QED) is 0.332. The molecule has 40 heavy (non-hydrogen) atoms. The highest BCUT2D eigenvalue weighted by Crippen LogP contribution is 2.33. The number of carbonyl (C=O) groups excluding carboxylic acids is 4. The predicted octanol–water partition coefficient (Wildman–Crippen LogP) is 3.17. The highest BCUT2D eigenvalue weighted by Gasteiger charge is 2.35. The summed E-state index contributed by atoms with van der Waals surface area (Å²) < 4.78 is 48.4. The molecule has 2 heterocycles. The van der Waals surface area contributed by atoms with Crippen LogP contribution in [0.4, 0.5) is 36.3 Å². The normalized spacial score (nSPS) is 14.4. The largest absolute Gasteiger partial charge is 0.465 e. The number of aromatic nitrogens is 2. The molecule has 0 fully saturated rings. The molecule has 1 atom stereocenters. The lowest BCUT2D eigenvalue weighted by molar-refractivity contribution is -0.137. The standard InChI is InChI=1S/C25H20F3N5O7/c1-39-22(37)11-6-12(23(38)40-2)8-15(7-11)29-20(35)16-10-17(34)31-19-18(16)21(36)33-24(32-19)30-14-5-3-4-13(9-14)25(26,27)28/h3-9,16H,10H2,1-2H3,(H,29,35)(H3,30,31,32,33,34,36)/t16-/m1/s1. The van der Waals surface area contributed by atoms with Crippen LogP contribution in [0.2, 0.25) is 0 Å². The number of amides is 2. The number of nitrogens with one attached hydrogen (secondary N) is 4. The zero-order valence-corrected chi connectivity index (χ0v) is 20.8. The molecular formula is C25H20F3N5O7. The summed E-state index contributed by atoms with van der Waals surface area (Å²) in [6.45, 7) is 0. The first-order valence-corrected chi connectivity index (χ1v) is 11.4. The van der Waals surface area contributed by atoms with E-state index in [1.54, 1.807) is 0 Å². The van der Waals surface area contributed by atoms with Crippen molar-refractivity contribution in [1.29, 1.82) is 0 Å². The highest BCUT2D eigenvalue weighted by molar-refractivity contribution is 6.05. The van der Waals surface area contributed by atoms with Crippen LogP contribution in [0.15, 0.2) is 47.3 Å². The Morgan fingerprint density at radius 1 is 0.975 bits per heavy atom. The van der Waals surface area contributed by atoms with Gasteiger partial charge in [0.05, 0.1) is 42.4 Å². The van der Waals surface area contributed by atoms with Gasteiger partial charge in [-0.05, 0) is 36.4 Å². The summed E-state index contributed by atoms with van der Waals surface area (Å²) >= 11 is 0. The number of fused-ring (bicyclic) bond motifs is 1. The zero-order valence-electron chi connectivity index (χ0n) is 20.8. The first-order valence-electron chi connectivity index (χ1n) is 11.4. The van der Waals surface area contributed by atoms with Gasteiger partial charge in [-0.2, -0.15) is 18.2 Å². The lowest BCUT2D eigenvalue weighted by Gasteiger charge is -2.24. The molecule has 15 heteroatoms. The van der Waals surface area contributed by atoms with Gasteiger partial charge < -0.3 is 25.4 Å². The van der Waals surface area contributed by atoms with E-state index in [9.17, 15) is 37.1 Å². The fourth-order valence-electron chi connectivity index (χ4n) is 3.97. The summed E-state index contributed by atoms with van der Waals surface area (Å²) in [5.41, 5.74) is -2.19. The van der Waals surface area contributed by atoms with Crippen molar-refractivity contribution in [3.8, 4) is 0 Å². The minimum atomic E-state index is -4.60. The second kappa shape index (κ2) is 10.9. The third-order valence-electron chi connectivity index (χ3n) is 5.76. The van der Waals surface area contributed by atoms with Crippen LogP contribution in [0.5, 0.6) is 0 Å². The average molecular weight is 559 g/mol. The minimum absolute atomic E-state index is 0.0203. The molecule has 12 nitrogen and oxygen atoms in total. The smallest absolute Gasteiger partial charge is 0.416 e. The molecule has 1 aliphatic heterocycles. The van der Waals surface area contributed by atoms with Crippen molar-refractivity contribution in [2.45, 2.75) is 18.5 Å². The Bertz CT molecular complexity index is 1550. The number of halogens is 3. The molecule has 0 bridgehead atoms. The number of ether oxygens (including phenoxy) is 2. The second-order valence-corrected chi connectivity index (χ2v) is 8.46. The number of anilines is 4. The van der Waals surface area contributed by atoms with Gasteiger partial charge in [0.15, 0.2) is 0 Å². The molecule has 0 radical (unpaired) electrons. The SMILES string of the molecule is COC(=O)c1cc(NC(=O)[C@@H]2CC(=O)Nc3nc(Nc4cccc(C(F)(F)F)c4)[nH]c(=O)c32)cc(C(=O)OC)c1. The first kappa shape index (κ1) is 27.8. The topological polar surface area (TPSA) is 169 Å². The van der Waals surface area contributed by atoms with Crippen LogP contribution in [0.1, 0.15) is 44.2 Å². The van der Waals surface area contributed by atoms with E-state index < -0.39 is 53.4 Å². The number of H-pyrrole nitrogens is 1. The van der Waals surface area contributed by atoms with Crippen LogP contribution >= 0.6 is 0 Å². The Morgan fingerprint density at radius 2 is 1.62 bits per heavy atom. The number of nitrogens with zero attached hydrogens (tertiary/aromatic N) is 1. The van der Waals surface area contributed by atoms with E-state index >= 15 is 0 Å². The molecule has 3 aromatic rings. The number of aromatic amines is 1. The van der Waals surface area contributed by atoms with Gasteiger partial charge >= 0.3 is 18.1 Å². The zero-order chi connectivity index (χ0) is 29.2. The summed E-state index contributed by atoms with van der Waals surface area (Å²) in [7, 11) is 2.25. The van der Waals surface area contributed by atoms with Gasteiger partial charge in [0.2, 0.25) is 17.8 Å². The molecule has 4 N–H and O–H groups in total. The molecule has 2 amide bonds. The van der Waals surface area contributed by atoms with Crippen molar-refractivity contribution in [2.75, 3.05) is 30.2 Å². The van der Waals surface area contributed by atoms with Crippen LogP contribution in [-0.4, -0.2) is 47.9 Å². The molecule has 4 rings (SSSR count). The number of carbonyl (C=O) groups is 4. The third-order valence-corrected chi connectivity index (χ3v) is 5.76. The molecule has 0 aliphatic carbocycles. The van der Waals surface area contributed by atoms with E-state index in [4.69, 9.17) is 0 Å². The number of hydrogen-bond acceptors (Lipinski definition) is 9. The van der Waals surface area contributed by atoms with Crippen molar-refractivity contribution in [3.63, 3.8) is 0 Å². The van der Waals surface area contributed by atoms with Gasteiger partial charge in [0.1, 0.15) is 5.82 Å². The summed E-state index contributed by atoms with van der Waals surface area (Å²) in [5.74, 6) is -4.98. The predicted molar refractivity (Wildman–Crippen MR) is 133 cm³/mol. The Labute approximate surface area is 222 Å². The van der Waals surface area contributed by atoms with Crippen molar-refractivity contribution in [1.82, 2.24) is 9.97 Å². The van der Waals surface area contributed by atoms with Gasteiger partial charge in [0, 0.05) is 17.8 Å². The molecule has 0 spiro atoms. The van der Waals surface area contributed by atoms with E-state index in [0.29, 0.717) is 0 Å². The second-order valence-electron chi connectivity index (χ2n) is 8.46. The van der Waals surface area contributed by atoms with Crippen molar-refractivity contribution >= 4 is 46.9 Å². The number of rotatable bonds is 6. The molecule has 0 saturated carbocycles. The van der Waals surface area contributed by atoms with Crippen LogP contribution < -0.4 is 21.5 Å². The van der Waals surface area contributed by atoms with Gasteiger partial charge in [-0.3, -0.25) is 19.4 Å². The van der Waals surface area contributed by atoms with Crippen molar-refractivity contribution < 1.29 is 41.8 Å². The van der Waals surface area contributed by atoms with Gasteiger partial charge in [-0.15, -0.1) is 0 Å². The van der Waals surface area contributed by atoms with E-state index in [1.165, 1.54) is 24.3 Å². The monoisotopic (exact) mass is 559 g/mol. The van der Waals surface area contributed by atoms with Crippen molar-refractivity contribution in [3.05, 3.63) is 75.1 Å². The van der Waals surface area contributed by atoms with E-state index in [1.807, 2.05) is 0 Å². The summed E-state index contributed by atoms with van der Waals surface area (Å²) in [5, 5.41) is 7.40. The number of benzene rings is 2. The molecule has 0 unspecified atom stereocenters. The maximum Gasteiger partial charge on any atom is 0.416 e. The Morgan fingerprint density at radius 3 is 2.23 bits per heavy atom. The fourth-order valence-corrected chi connectivity index (χ4v) is 3.97. The van der Waals surface area contributed by atoms with Gasteiger partial charge in [-0.1, -0.05) is 6.07 Å². The molecular weight excluding hydrogens is 539 g/mol. The maximum absolute atomic E-state index is 13.2. The van der Waals surface area contributed by atoms with Gasteiger partial charge in [-0.25, -0.2) is 9.59 Å². The lowest BCUT2D eigenvalue weighted by atomic mass is 9.92. The number of methoxy groups -OCH3 is 2. The fraction of sp³-hybridized carbons (Fsp3) is 0.200. The third kappa shape index (κ3) is 5.92. The molecule has 208 valence electrons. The van der Waals surface area contributed by atoms with Crippen molar-refractivity contribution in [2.24, 2.45) is 0 Å². The van der Waals surface area contributed by atoms with E-state index in [2.05, 4.69) is 35.4 Å². The maximum atomic E-state index is 13.2. The summed E-state index contributed by atoms with van der Waals surface area (Å²) in [6.07, 6.45) is -5.04. The van der Waals surface area contributed by atoms with Crippen LogP contribution in [-0.2, 0) is 25.2 Å². The summed E-state index contributed by atoms with van der Waals surface area (Å²) in [6, 6.07) is 7.80. The number of alkyl halides is 3. The summed E-state index contributed by atoms with van der Waals surface area (Å²) in [4.78, 5) is 69.1. The molecule has 2 aromatic carbocycles. The molecule has 1 aliphatic rings. The Kier molecular flexibility index (Phi) is 7.56. The first-order chi connectivity index (χ1) is 18.9. The minimum Gasteiger partial charge on any atom is -0.465 e. The van der Waals surface area contributed by atoms with Gasteiger partial charge in [0.25, 0.3) is 5.56 Å². The Balaban J connectivity index is 1.65. The average Bonchev–Trinajstić information content (AvgIpc) is 2.90. The Hall–Kier alpha value is -5.21. The van der Waals surface area contributed by atoms with Crippen LogP contribution in [0.3, 0.4) is 0 Å². The molecule has 1 aromatic heterocycles. The highest BCUT2D eigenvalue weighted by atomic mass is 19.4. The van der Waals surface area contributed by atoms with Crippen LogP contribution in [0.25, 0.3) is 0 Å². The van der Waals surface area contributed by atoms with E-state index in [0.717, 1.165) is 32.4 Å². The number of hydrogen-bond donors (Lipinski definition) is 4. The number of esters is 2. The van der Waals surface area contributed by atoms with E-state index in [-0.39, 0.29) is 39.8 Å². The molecule has 0 saturated heterocycles. The van der Waals surface area contributed by atoms with Crippen LogP contribution in [0, 0.1) is 0 Å². The lowest BCUT2D eigenvalue weighted by Crippen LogP contribution is -2.36.